The number of rotatable bonds is 6. The van der Waals surface area contributed by atoms with Gasteiger partial charge < -0.3 is 10.2 Å². The summed E-state index contributed by atoms with van der Waals surface area (Å²) in [6, 6.07) is 0. The molecule has 15 heavy (non-hydrogen) atoms. The van der Waals surface area contributed by atoms with Crippen molar-refractivity contribution in [3.05, 3.63) is 0 Å². The molecule has 1 heterocycles. The van der Waals surface area contributed by atoms with Crippen molar-refractivity contribution in [3.8, 4) is 0 Å². The largest absolute Gasteiger partial charge is 0.320 e. The van der Waals surface area contributed by atoms with Crippen LogP contribution in [0.5, 0.6) is 0 Å². The lowest BCUT2D eigenvalue weighted by atomic mass is 9.93. The maximum atomic E-state index is 3.24. The standard InChI is InChI=1S/C13H28N2/c1-12(2)10-15-9-5-7-13(11-15)6-4-8-14-3/h12-14H,4-11H2,1-3H3. The monoisotopic (exact) mass is 212 g/mol. The molecule has 1 fully saturated rings. The van der Waals surface area contributed by atoms with Crippen molar-refractivity contribution >= 4 is 0 Å². The van der Waals surface area contributed by atoms with E-state index in [4.69, 9.17) is 0 Å². The molecule has 1 aliphatic heterocycles. The van der Waals surface area contributed by atoms with Crippen molar-refractivity contribution in [2.24, 2.45) is 11.8 Å². The fourth-order valence-corrected chi connectivity index (χ4v) is 2.64. The summed E-state index contributed by atoms with van der Waals surface area (Å²) < 4.78 is 0. The third-order valence-corrected chi connectivity index (χ3v) is 3.27. The molecule has 2 nitrogen and oxygen atoms in total. The molecule has 1 atom stereocenters. The van der Waals surface area contributed by atoms with Gasteiger partial charge in [-0.2, -0.15) is 0 Å². The summed E-state index contributed by atoms with van der Waals surface area (Å²) in [6.45, 7) is 9.81. The third-order valence-electron chi connectivity index (χ3n) is 3.27. The van der Waals surface area contributed by atoms with E-state index in [0.717, 1.165) is 11.8 Å². The Balaban J connectivity index is 2.17. The van der Waals surface area contributed by atoms with Crippen LogP contribution in [0.3, 0.4) is 0 Å². The minimum Gasteiger partial charge on any atom is -0.320 e. The van der Waals surface area contributed by atoms with Gasteiger partial charge in [0.25, 0.3) is 0 Å². The lowest BCUT2D eigenvalue weighted by molar-refractivity contribution is 0.152. The van der Waals surface area contributed by atoms with Crippen LogP contribution in [-0.2, 0) is 0 Å². The van der Waals surface area contributed by atoms with Gasteiger partial charge in [0.15, 0.2) is 0 Å². The summed E-state index contributed by atoms with van der Waals surface area (Å²) in [5, 5.41) is 3.24. The van der Waals surface area contributed by atoms with Crippen LogP contribution in [-0.4, -0.2) is 38.1 Å². The number of piperidine rings is 1. The molecule has 0 bridgehead atoms. The molecule has 0 aromatic carbocycles. The first-order valence-electron chi connectivity index (χ1n) is 6.59. The second-order valence-corrected chi connectivity index (χ2v) is 5.41. The molecular formula is C13H28N2. The van der Waals surface area contributed by atoms with Gasteiger partial charge in [-0.1, -0.05) is 13.8 Å². The van der Waals surface area contributed by atoms with Crippen LogP contribution >= 0.6 is 0 Å². The first kappa shape index (κ1) is 13.0. The van der Waals surface area contributed by atoms with Crippen LogP contribution < -0.4 is 5.32 Å². The number of likely N-dealkylation sites (tertiary alicyclic amines) is 1. The van der Waals surface area contributed by atoms with Gasteiger partial charge in [-0.05, 0) is 57.7 Å². The predicted molar refractivity (Wildman–Crippen MR) is 67.2 cm³/mol. The number of hydrogen-bond donors (Lipinski definition) is 1. The number of nitrogens with zero attached hydrogens (tertiary/aromatic N) is 1. The molecule has 0 amide bonds. The van der Waals surface area contributed by atoms with Crippen LogP contribution in [0.25, 0.3) is 0 Å². The van der Waals surface area contributed by atoms with E-state index in [2.05, 4.69) is 24.1 Å². The molecule has 1 unspecified atom stereocenters. The molecule has 90 valence electrons. The minimum atomic E-state index is 0.820. The molecule has 0 radical (unpaired) electrons. The molecule has 2 heteroatoms. The lowest BCUT2D eigenvalue weighted by Gasteiger charge is -2.33. The van der Waals surface area contributed by atoms with Crippen LogP contribution in [0.1, 0.15) is 39.5 Å². The van der Waals surface area contributed by atoms with Crippen molar-refractivity contribution < 1.29 is 0 Å². The smallest absolute Gasteiger partial charge is 0.000978 e. The Bertz CT molecular complexity index is 157. The van der Waals surface area contributed by atoms with Crippen molar-refractivity contribution in [3.63, 3.8) is 0 Å². The van der Waals surface area contributed by atoms with E-state index in [0.29, 0.717) is 0 Å². The van der Waals surface area contributed by atoms with Gasteiger partial charge in [0.1, 0.15) is 0 Å². The van der Waals surface area contributed by atoms with E-state index in [9.17, 15) is 0 Å². The quantitative estimate of drug-likeness (QED) is 0.680. The van der Waals surface area contributed by atoms with Crippen LogP contribution in [0.2, 0.25) is 0 Å². The molecule has 1 rings (SSSR count). The summed E-state index contributed by atoms with van der Waals surface area (Å²) in [4.78, 5) is 2.66. The third kappa shape index (κ3) is 5.53. The molecule has 0 saturated carbocycles. The minimum absolute atomic E-state index is 0.820. The average molecular weight is 212 g/mol. The zero-order valence-electron chi connectivity index (χ0n) is 10.8. The Morgan fingerprint density at radius 3 is 2.87 bits per heavy atom. The average Bonchev–Trinajstić information content (AvgIpc) is 2.18. The summed E-state index contributed by atoms with van der Waals surface area (Å²) in [5.41, 5.74) is 0. The van der Waals surface area contributed by atoms with E-state index in [1.807, 2.05) is 7.05 Å². The Labute approximate surface area is 95.4 Å². The fraction of sp³-hybridized carbons (Fsp3) is 1.00. The number of nitrogens with one attached hydrogen (secondary N) is 1. The molecule has 0 aliphatic carbocycles. The van der Waals surface area contributed by atoms with Gasteiger partial charge in [-0.15, -0.1) is 0 Å². The summed E-state index contributed by atoms with van der Waals surface area (Å²) in [5.74, 6) is 1.78. The van der Waals surface area contributed by atoms with Crippen LogP contribution in [0, 0.1) is 11.8 Å². The van der Waals surface area contributed by atoms with Gasteiger partial charge in [-0.3, -0.25) is 0 Å². The molecule has 1 saturated heterocycles. The van der Waals surface area contributed by atoms with E-state index in [1.165, 1.54) is 51.9 Å². The van der Waals surface area contributed by atoms with E-state index in [-0.39, 0.29) is 0 Å². The highest BCUT2D eigenvalue weighted by atomic mass is 15.1. The highest BCUT2D eigenvalue weighted by Crippen LogP contribution is 2.21. The molecule has 0 aromatic heterocycles. The molecule has 0 aromatic rings. The zero-order chi connectivity index (χ0) is 11.1. The van der Waals surface area contributed by atoms with Crippen LogP contribution in [0.4, 0.5) is 0 Å². The van der Waals surface area contributed by atoms with Gasteiger partial charge >= 0.3 is 0 Å². The highest BCUT2D eigenvalue weighted by Gasteiger charge is 2.19. The highest BCUT2D eigenvalue weighted by molar-refractivity contribution is 4.73. The van der Waals surface area contributed by atoms with Crippen molar-refractivity contribution in [1.82, 2.24) is 10.2 Å². The van der Waals surface area contributed by atoms with Crippen LogP contribution in [0.15, 0.2) is 0 Å². The summed E-state index contributed by atoms with van der Waals surface area (Å²) in [7, 11) is 2.05. The second-order valence-electron chi connectivity index (χ2n) is 5.41. The van der Waals surface area contributed by atoms with Gasteiger partial charge in [0.05, 0.1) is 0 Å². The maximum Gasteiger partial charge on any atom is 0.000978 e. The van der Waals surface area contributed by atoms with Gasteiger partial charge in [-0.25, -0.2) is 0 Å². The molecule has 1 aliphatic rings. The molecular weight excluding hydrogens is 184 g/mol. The number of hydrogen-bond acceptors (Lipinski definition) is 2. The topological polar surface area (TPSA) is 15.3 Å². The predicted octanol–water partition coefficient (Wildman–Crippen LogP) is 2.35. The van der Waals surface area contributed by atoms with Gasteiger partial charge in [0, 0.05) is 13.1 Å². The Kier molecular flexibility index (Phi) is 6.26. The van der Waals surface area contributed by atoms with Crippen molar-refractivity contribution in [1.29, 1.82) is 0 Å². The first-order chi connectivity index (χ1) is 7.22. The Hall–Kier alpha value is -0.0800. The van der Waals surface area contributed by atoms with E-state index >= 15 is 0 Å². The van der Waals surface area contributed by atoms with E-state index < -0.39 is 0 Å². The van der Waals surface area contributed by atoms with E-state index in [1.54, 1.807) is 0 Å². The zero-order valence-corrected chi connectivity index (χ0v) is 10.8. The maximum absolute atomic E-state index is 3.24. The van der Waals surface area contributed by atoms with Gasteiger partial charge in [0.2, 0.25) is 0 Å². The normalized spacial score (nSPS) is 23.6. The second kappa shape index (κ2) is 7.24. The lowest BCUT2D eigenvalue weighted by Crippen LogP contribution is -2.37. The molecule has 0 spiro atoms. The SMILES string of the molecule is CNCCCC1CCCN(CC(C)C)C1. The Morgan fingerprint density at radius 1 is 1.40 bits per heavy atom. The fourth-order valence-electron chi connectivity index (χ4n) is 2.64. The van der Waals surface area contributed by atoms with Crippen molar-refractivity contribution in [2.75, 3.05) is 33.2 Å². The summed E-state index contributed by atoms with van der Waals surface area (Å²) in [6.07, 6.45) is 5.63. The molecule has 1 N–H and O–H groups in total. The first-order valence-corrected chi connectivity index (χ1v) is 6.59. The summed E-state index contributed by atoms with van der Waals surface area (Å²) >= 11 is 0. The Morgan fingerprint density at radius 2 is 2.20 bits per heavy atom. The van der Waals surface area contributed by atoms with Crippen molar-refractivity contribution in [2.45, 2.75) is 39.5 Å².